The number of amides is 1. The van der Waals surface area contributed by atoms with E-state index >= 15 is 0 Å². The van der Waals surface area contributed by atoms with Crippen LogP contribution in [0, 0.1) is 0 Å². The lowest BCUT2D eigenvalue weighted by Crippen LogP contribution is -2.41. The molecular weight excluding hydrogens is 258 g/mol. The Morgan fingerprint density at radius 2 is 1.78 bits per heavy atom. The summed E-state index contributed by atoms with van der Waals surface area (Å²) < 4.78 is 49.1. The number of hydrogen-bond donors (Lipinski definition) is 2. The van der Waals surface area contributed by atoms with Gasteiger partial charge in [-0.1, -0.05) is 12.1 Å². The average molecular weight is 265 g/mol. The van der Waals surface area contributed by atoms with E-state index < -0.39 is 35.5 Å². The number of carbonyl (C=O) groups is 2. The minimum absolute atomic E-state index is 0.476. The SMILES string of the molecule is O=C(O)c1ccccc1NC(=O)C(F)(F)C(F)F. The van der Waals surface area contributed by atoms with Crippen molar-refractivity contribution in [3.8, 4) is 0 Å². The third-order valence-corrected chi connectivity index (χ3v) is 1.98. The fourth-order valence-corrected chi connectivity index (χ4v) is 1.08. The van der Waals surface area contributed by atoms with Gasteiger partial charge in [0.15, 0.2) is 0 Å². The number of carboxylic acids is 1. The van der Waals surface area contributed by atoms with Gasteiger partial charge in [-0.25, -0.2) is 13.6 Å². The van der Waals surface area contributed by atoms with Crippen LogP contribution in [-0.4, -0.2) is 29.3 Å². The van der Waals surface area contributed by atoms with E-state index in [0.717, 1.165) is 12.1 Å². The quantitative estimate of drug-likeness (QED) is 0.820. The Balaban J connectivity index is 2.99. The number of anilines is 1. The largest absolute Gasteiger partial charge is 0.478 e. The summed E-state index contributed by atoms with van der Waals surface area (Å²) in [4.78, 5) is 21.6. The maximum absolute atomic E-state index is 12.6. The number of hydrogen-bond acceptors (Lipinski definition) is 2. The first-order valence-corrected chi connectivity index (χ1v) is 4.56. The molecule has 0 spiro atoms. The molecule has 98 valence electrons. The number of alkyl halides is 4. The second-order valence-corrected chi connectivity index (χ2v) is 3.23. The van der Waals surface area contributed by atoms with Crippen LogP contribution in [0.25, 0.3) is 0 Å². The second kappa shape index (κ2) is 5.03. The van der Waals surface area contributed by atoms with Crippen LogP contribution in [0.4, 0.5) is 23.2 Å². The Hall–Kier alpha value is -2.12. The molecule has 4 nitrogen and oxygen atoms in total. The third-order valence-electron chi connectivity index (χ3n) is 1.98. The van der Waals surface area contributed by atoms with Crippen molar-refractivity contribution in [2.45, 2.75) is 12.3 Å². The molecule has 1 aromatic carbocycles. The zero-order chi connectivity index (χ0) is 13.9. The number of nitrogens with one attached hydrogen (secondary N) is 1. The molecule has 0 aliphatic carbocycles. The molecule has 0 unspecified atom stereocenters. The summed E-state index contributed by atoms with van der Waals surface area (Å²) in [6, 6.07) is 4.62. The summed E-state index contributed by atoms with van der Waals surface area (Å²) in [5, 5.41) is 10.2. The Kier molecular flexibility index (Phi) is 3.89. The Morgan fingerprint density at radius 3 is 2.28 bits per heavy atom. The molecule has 0 bridgehead atoms. The highest BCUT2D eigenvalue weighted by atomic mass is 19.3. The average Bonchev–Trinajstić information content (AvgIpc) is 2.29. The van der Waals surface area contributed by atoms with Gasteiger partial charge in [-0.2, -0.15) is 8.78 Å². The van der Waals surface area contributed by atoms with Gasteiger partial charge in [-0.15, -0.1) is 0 Å². The van der Waals surface area contributed by atoms with Gasteiger partial charge in [0.1, 0.15) is 0 Å². The topological polar surface area (TPSA) is 66.4 Å². The minimum Gasteiger partial charge on any atom is -0.478 e. The highest BCUT2D eigenvalue weighted by Crippen LogP contribution is 2.25. The molecule has 1 amide bonds. The van der Waals surface area contributed by atoms with Crippen LogP contribution in [0.2, 0.25) is 0 Å². The monoisotopic (exact) mass is 265 g/mol. The molecule has 0 aliphatic rings. The number of carboxylic acid groups (broad SMARTS) is 1. The molecule has 0 aliphatic heterocycles. The summed E-state index contributed by atoms with van der Waals surface area (Å²) in [6.07, 6.45) is -4.17. The van der Waals surface area contributed by atoms with Crippen molar-refractivity contribution < 1.29 is 32.3 Å². The van der Waals surface area contributed by atoms with E-state index in [9.17, 15) is 27.2 Å². The van der Waals surface area contributed by atoms with E-state index in [1.807, 2.05) is 0 Å². The molecule has 0 fully saturated rings. The first kappa shape index (κ1) is 13.9. The van der Waals surface area contributed by atoms with Gasteiger partial charge in [0.25, 0.3) is 0 Å². The van der Waals surface area contributed by atoms with Crippen molar-refractivity contribution in [2.75, 3.05) is 5.32 Å². The van der Waals surface area contributed by atoms with Crippen molar-refractivity contribution in [3.05, 3.63) is 29.8 Å². The molecule has 18 heavy (non-hydrogen) atoms. The number of para-hydroxylation sites is 1. The van der Waals surface area contributed by atoms with Gasteiger partial charge >= 0.3 is 24.2 Å². The summed E-state index contributed by atoms with van der Waals surface area (Å²) in [6.45, 7) is 0. The fraction of sp³-hybridized carbons (Fsp3) is 0.200. The van der Waals surface area contributed by atoms with E-state index in [1.54, 1.807) is 0 Å². The lowest BCUT2D eigenvalue weighted by molar-refractivity contribution is -0.163. The van der Waals surface area contributed by atoms with Crippen LogP contribution in [0.5, 0.6) is 0 Å². The molecule has 0 saturated carbocycles. The Morgan fingerprint density at radius 1 is 1.22 bits per heavy atom. The fourth-order valence-electron chi connectivity index (χ4n) is 1.08. The van der Waals surface area contributed by atoms with Crippen molar-refractivity contribution >= 4 is 17.6 Å². The van der Waals surface area contributed by atoms with Crippen molar-refractivity contribution in [2.24, 2.45) is 0 Å². The minimum atomic E-state index is -4.88. The molecule has 2 N–H and O–H groups in total. The molecule has 0 heterocycles. The number of benzene rings is 1. The van der Waals surface area contributed by atoms with E-state index in [1.165, 1.54) is 17.4 Å². The molecule has 0 saturated heterocycles. The van der Waals surface area contributed by atoms with Crippen LogP contribution in [0.3, 0.4) is 0 Å². The Bertz CT molecular complexity index is 476. The molecule has 1 aromatic rings. The van der Waals surface area contributed by atoms with E-state index in [4.69, 9.17) is 5.11 Å². The van der Waals surface area contributed by atoms with Crippen LogP contribution in [-0.2, 0) is 4.79 Å². The maximum atomic E-state index is 12.6. The predicted molar refractivity (Wildman–Crippen MR) is 53.0 cm³/mol. The smallest absolute Gasteiger partial charge is 0.383 e. The number of carbonyl (C=O) groups excluding carboxylic acids is 1. The standard InChI is InChI=1S/C10H7F4NO3/c11-8(12)10(13,14)9(18)15-6-4-2-1-3-5(6)7(16)17/h1-4,8H,(H,15,18)(H,16,17). The molecule has 0 radical (unpaired) electrons. The first-order valence-electron chi connectivity index (χ1n) is 4.56. The van der Waals surface area contributed by atoms with E-state index in [0.29, 0.717) is 0 Å². The van der Waals surface area contributed by atoms with Crippen molar-refractivity contribution in [1.82, 2.24) is 0 Å². The summed E-state index contributed by atoms with van der Waals surface area (Å²) in [5.74, 6) is -8.62. The lowest BCUT2D eigenvalue weighted by Gasteiger charge is -2.15. The molecular formula is C10H7F4NO3. The zero-order valence-corrected chi connectivity index (χ0v) is 8.66. The summed E-state index contributed by atoms with van der Waals surface area (Å²) in [5.41, 5.74) is -0.953. The van der Waals surface area contributed by atoms with E-state index in [-0.39, 0.29) is 0 Å². The van der Waals surface area contributed by atoms with Gasteiger partial charge < -0.3 is 10.4 Å². The third kappa shape index (κ3) is 2.76. The van der Waals surface area contributed by atoms with Crippen LogP contribution >= 0.6 is 0 Å². The molecule has 8 heteroatoms. The van der Waals surface area contributed by atoms with Gasteiger partial charge in [-0.3, -0.25) is 4.79 Å². The summed E-state index contributed by atoms with van der Waals surface area (Å²) >= 11 is 0. The molecule has 0 atom stereocenters. The van der Waals surface area contributed by atoms with Gasteiger partial charge in [0.05, 0.1) is 11.3 Å². The first-order chi connectivity index (χ1) is 8.26. The highest BCUT2D eigenvalue weighted by Gasteiger charge is 2.49. The van der Waals surface area contributed by atoms with Gasteiger partial charge in [0, 0.05) is 0 Å². The second-order valence-electron chi connectivity index (χ2n) is 3.23. The molecule has 0 aromatic heterocycles. The number of aromatic carboxylic acids is 1. The van der Waals surface area contributed by atoms with Crippen LogP contribution < -0.4 is 5.32 Å². The molecule has 1 rings (SSSR count). The highest BCUT2D eigenvalue weighted by molar-refractivity contribution is 6.02. The zero-order valence-electron chi connectivity index (χ0n) is 8.66. The van der Waals surface area contributed by atoms with E-state index in [2.05, 4.69) is 0 Å². The Labute approximate surface area is 98.2 Å². The number of halogens is 4. The summed E-state index contributed by atoms with van der Waals surface area (Å²) in [7, 11) is 0. The van der Waals surface area contributed by atoms with Crippen molar-refractivity contribution in [3.63, 3.8) is 0 Å². The van der Waals surface area contributed by atoms with Crippen LogP contribution in [0.1, 0.15) is 10.4 Å². The van der Waals surface area contributed by atoms with Gasteiger partial charge in [-0.05, 0) is 12.1 Å². The van der Waals surface area contributed by atoms with Gasteiger partial charge in [0.2, 0.25) is 0 Å². The van der Waals surface area contributed by atoms with Crippen molar-refractivity contribution in [1.29, 1.82) is 0 Å². The normalized spacial score (nSPS) is 11.4. The van der Waals surface area contributed by atoms with Crippen LogP contribution in [0.15, 0.2) is 24.3 Å². The lowest BCUT2D eigenvalue weighted by atomic mass is 10.1. The number of rotatable bonds is 4. The maximum Gasteiger partial charge on any atom is 0.383 e. The predicted octanol–water partition coefficient (Wildman–Crippen LogP) is 2.22.